The minimum atomic E-state index is -0.499. The van der Waals surface area contributed by atoms with Crippen LogP contribution in [0, 0.1) is 0 Å². The highest BCUT2D eigenvalue weighted by molar-refractivity contribution is 5.86. The Bertz CT molecular complexity index is 773. The topological polar surface area (TPSA) is 61.8 Å². The predicted molar refractivity (Wildman–Crippen MR) is 94.1 cm³/mol. The van der Waals surface area contributed by atoms with E-state index in [1.807, 2.05) is 24.3 Å². The third-order valence-electron chi connectivity index (χ3n) is 3.19. The quantitative estimate of drug-likeness (QED) is 0.332. The van der Waals surface area contributed by atoms with Crippen molar-refractivity contribution < 1.29 is 23.8 Å². The van der Waals surface area contributed by atoms with Crippen LogP contribution >= 0.6 is 0 Å². The summed E-state index contributed by atoms with van der Waals surface area (Å²) in [6, 6.07) is 14.4. The van der Waals surface area contributed by atoms with Crippen molar-refractivity contribution >= 4 is 11.9 Å². The van der Waals surface area contributed by atoms with Gasteiger partial charge in [0.2, 0.25) is 6.79 Å². The molecule has 0 aromatic heterocycles. The molecule has 0 spiro atoms. The van der Waals surface area contributed by atoms with E-state index in [1.54, 1.807) is 31.2 Å². The molecule has 128 valence electrons. The minimum Gasteiger partial charge on any atom is -0.457 e. The van der Waals surface area contributed by atoms with Gasteiger partial charge in [-0.1, -0.05) is 37.4 Å². The maximum Gasteiger partial charge on any atom is 0.335 e. The molecule has 0 N–H and O–H groups in total. The minimum absolute atomic E-state index is 0.172. The van der Waals surface area contributed by atoms with Crippen molar-refractivity contribution in [1.82, 2.24) is 0 Å². The lowest BCUT2D eigenvalue weighted by molar-refractivity contribution is -0.145. The Kier molecular flexibility index (Phi) is 6.12. The van der Waals surface area contributed by atoms with Crippen LogP contribution in [0.2, 0.25) is 0 Å². The molecule has 2 aromatic rings. The van der Waals surface area contributed by atoms with Gasteiger partial charge < -0.3 is 14.2 Å². The summed E-state index contributed by atoms with van der Waals surface area (Å²) in [6.07, 6.45) is 1.11. The van der Waals surface area contributed by atoms with Crippen LogP contribution in [-0.2, 0) is 14.3 Å². The van der Waals surface area contributed by atoms with E-state index in [9.17, 15) is 9.59 Å². The molecule has 5 heteroatoms. The molecule has 0 aliphatic rings. The summed E-state index contributed by atoms with van der Waals surface area (Å²) in [4.78, 5) is 22.4. The van der Waals surface area contributed by atoms with Gasteiger partial charge in [0, 0.05) is 11.6 Å². The van der Waals surface area contributed by atoms with E-state index in [2.05, 4.69) is 13.2 Å². The van der Waals surface area contributed by atoms with Gasteiger partial charge in [-0.3, -0.25) is 0 Å². The van der Waals surface area contributed by atoms with Gasteiger partial charge in [0.15, 0.2) is 0 Å². The Morgan fingerprint density at radius 2 is 1.48 bits per heavy atom. The van der Waals surface area contributed by atoms with Crippen molar-refractivity contribution in [3.63, 3.8) is 0 Å². The van der Waals surface area contributed by atoms with Crippen LogP contribution in [0.1, 0.15) is 6.92 Å². The standard InChI is InChI=1S/C20H18O5/c1-4-19(21)25-18-11-7-16(8-12-18)15-5-9-17(10-6-15)23-13-24-20(22)14(2)3/h4-12H,1-2,13H2,3H3. The first-order valence-corrected chi connectivity index (χ1v) is 7.50. The van der Waals surface area contributed by atoms with E-state index in [1.165, 1.54) is 0 Å². The zero-order valence-corrected chi connectivity index (χ0v) is 13.9. The largest absolute Gasteiger partial charge is 0.457 e. The van der Waals surface area contributed by atoms with Gasteiger partial charge >= 0.3 is 11.9 Å². The van der Waals surface area contributed by atoms with E-state index in [-0.39, 0.29) is 6.79 Å². The lowest BCUT2D eigenvalue weighted by atomic mass is 10.1. The number of esters is 2. The van der Waals surface area contributed by atoms with Crippen molar-refractivity contribution in [3.05, 3.63) is 73.3 Å². The van der Waals surface area contributed by atoms with Crippen molar-refractivity contribution in [2.75, 3.05) is 6.79 Å². The summed E-state index contributed by atoms with van der Waals surface area (Å²) < 4.78 is 15.2. The fourth-order valence-corrected chi connectivity index (χ4v) is 1.89. The van der Waals surface area contributed by atoms with Crippen molar-refractivity contribution in [2.45, 2.75) is 6.92 Å². The Balaban J connectivity index is 1.95. The van der Waals surface area contributed by atoms with Gasteiger partial charge in [0.25, 0.3) is 0 Å². The van der Waals surface area contributed by atoms with Crippen LogP contribution < -0.4 is 9.47 Å². The molecule has 0 saturated heterocycles. The second-order valence-corrected chi connectivity index (χ2v) is 5.15. The normalized spacial score (nSPS) is 9.80. The van der Waals surface area contributed by atoms with Gasteiger partial charge in [0.05, 0.1) is 0 Å². The zero-order valence-electron chi connectivity index (χ0n) is 13.9. The second-order valence-electron chi connectivity index (χ2n) is 5.15. The predicted octanol–water partition coefficient (Wildman–Crippen LogP) is 3.90. The third-order valence-corrected chi connectivity index (χ3v) is 3.19. The van der Waals surface area contributed by atoms with Gasteiger partial charge in [-0.2, -0.15) is 0 Å². The van der Waals surface area contributed by atoms with E-state index >= 15 is 0 Å². The molecular formula is C20H18O5. The number of ether oxygens (including phenoxy) is 3. The number of benzene rings is 2. The molecule has 0 aliphatic heterocycles. The molecule has 0 fully saturated rings. The van der Waals surface area contributed by atoms with Gasteiger partial charge in [-0.05, 0) is 42.3 Å². The molecule has 0 radical (unpaired) electrons. The molecule has 5 nitrogen and oxygen atoms in total. The molecule has 0 bridgehead atoms. The van der Waals surface area contributed by atoms with Crippen LogP contribution in [0.3, 0.4) is 0 Å². The van der Waals surface area contributed by atoms with E-state index in [4.69, 9.17) is 14.2 Å². The Morgan fingerprint density at radius 1 is 0.960 bits per heavy atom. The van der Waals surface area contributed by atoms with Crippen molar-refractivity contribution in [2.24, 2.45) is 0 Å². The first-order valence-electron chi connectivity index (χ1n) is 7.50. The van der Waals surface area contributed by atoms with E-state index in [0.717, 1.165) is 17.2 Å². The summed E-state index contributed by atoms with van der Waals surface area (Å²) in [6.45, 7) is 8.24. The number of carbonyl (C=O) groups is 2. The van der Waals surface area contributed by atoms with Gasteiger partial charge in [-0.15, -0.1) is 0 Å². The maximum absolute atomic E-state index is 11.2. The molecule has 0 aliphatic carbocycles. The summed E-state index contributed by atoms with van der Waals surface area (Å²) in [7, 11) is 0. The molecular weight excluding hydrogens is 320 g/mol. The van der Waals surface area contributed by atoms with Crippen LogP contribution in [0.4, 0.5) is 0 Å². The van der Waals surface area contributed by atoms with Gasteiger partial charge in [-0.25, -0.2) is 9.59 Å². The van der Waals surface area contributed by atoms with E-state index < -0.39 is 11.9 Å². The number of hydrogen-bond donors (Lipinski definition) is 0. The number of carbonyl (C=O) groups excluding carboxylic acids is 2. The number of rotatable bonds is 7. The average molecular weight is 338 g/mol. The fourth-order valence-electron chi connectivity index (χ4n) is 1.89. The lowest BCUT2D eigenvalue weighted by Gasteiger charge is -2.08. The molecule has 0 unspecified atom stereocenters. The van der Waals surface area contributed by atoms with Crippen LogP contribution in [0.25, 0.3) is 11.1 Å². The first-order chi connectivity index (χ1) is 12.0. The molecule has 2 aromatic carbocycles. The number of hydrogen-bond acceptors (Lipinski definition) is 5. The lowest BCUT2D eigenvalue weighted by Crippen LogP contribution is -2.10. The van der Waals surface area contributed by atoms with Crippen LogP contribution in [0.15, 0.2) is 73.3 Å². The van der Waals surface area contributed by atoms with Crippen LogP contribution in [-0.4, -0.2) is 18.7 Å². The molecule has 0 saturated carbocycles. The first kappa shape index (κ1) is 18.0. The van der Waals surface area contributed by atoms with Gasteiger partial charge in [0.1, 0.15) is 11.5 Å². The van der Waals surface area contributed by atoms with E-state index in [0.29, 0.717) is 17.1 Å². The highest BCUT2D eigenvalue weighted by Crippen LogP contribution is 2.24. The summed E-state index contributed by atoms with van der Waals surface area (Å²) >= 11 is 0. The second kappa shape index (κ2) is 8.49. The maximum atomic E-state index is 11.2. The fraction of sp³-hybridized carbons (Fsp3) is 0.100. The average Bonchev–Trinajstić information content (AvgIpc) is 2.62. The third kappa shape index (κ3) is 5.35. The zero-order chi connectivity index (χ0) is 18.2. The summed E-state index contributed by atoms with van der Waals surface area (Å²) in [5, 5.41) is 0. The van der Waals surface area contributed by atoms with Crippen molar-refractivity contribution in [3.8, 4) is 22.6 Å². The smallest absolute Gasteiger partial charge is 0.335 e. The SMILES string of the molecule is C=CC(=O)Oc1ccc(-c2ccc(OCOC(=O)C(=C)C)cc2)cc1. The summed E-state index contributed by atoms with van der Waals surface area (Å²) in [5.41, 5.74) is 2.24. The Morgan fingerprint density at radius 3 is 1.96 bits per heavy atom. The molecule has 0 amide bonds. The highest BCUT2D eigenvalue weighted by atomic mass is 16.7. The molecule has 25 heavy (non-hydrogen) atoms. The molecule has 0 heterocycles. The van der Waals surface area contributed by atoms with Crippen molar-refractivity contribution in [1.29, 1.82) is 0 Å². The summed E-state index contributed by atoms with van der Waals surface area (Å²) in [5.74, 6) is 0.0400. The molecule has 2 rings (SSSR count). The monoisotopic (exact) mass is 338 g/mol. The molecule has 0 atom stereocenters. The Hall–Kier alpha value is -3.34. The Labute approximate surface area is 146 Å². The van der Waals surface area contributed by atoms with Crippen LogP contribution in [0.5, 0.6) is 11.5 Å². The highest BCUT2D eigenvalue weighted by Gasteiger charge is 2.04.